The first kappa shape index (κ1) is 21.3. The lowest BCUT2D eigenvalue weighted by Gasteiger charge is -2.00. The molecule has 4 rings (SSSR count). The molecule has 0 unspecified atom stereocenters. The second-order valence-electron chi connectivity index (χ2n) is 7.35. The summed E-state index contributed by atoms with van der Waals surface area (Å²) in [6.45, 7) is 0.708. The Bertz CT molecular complexity index is 1360. The van der Waals surface area contributed by atoms with Gasteiger partial charge in [-0.2, -0.15) is 0 Å². The molecule has 0 fully saturated rings. The zero-order chi connectivity index (χ0) is 22.3. The summed E-state index contributed by atoms with van der Waals surface area (Å²) in [4.78, 5) is 0. The van der Waals surface area contributed by atoms with Crippen LogP contribution in [0.5, 0.6) is 0 Å². The van der Waals surface area contributed by atoms with Crippen LogP contribution in [0.2, 0.25) is 0 Å². The molecule has 4 aromatic rings. The molecule has 0 aliphatic carbocycles. The summed E-state index contributed by atoms with van der Waals surface area (Å²) in [6.07, 6.45) is 0.890. The van der Waals surface area contributed by atoms with Gasteiger partial charge in [-0.1, -0.05) is 41.9 Å². The van der Waals surface area contributed by atoms with Gasteiger partial charge in [0, 0.05) is 29.4 Å². The topological polar surface area (TPSA) is 9.23 Å². The SMILES string of the molecule is COCCc1ccc(C#Cc2ccc(C#Cc3ccc4cc(F)c(F)cc4c3)cc2)cc1. The normalized spacial score (nSPS) is 10.2. The summed E-state index contributed by atoms with van der Waals surface area (Å²) in [5.41, 5.74) is 4.68. The molecule has 0 aromatic heterocycles. The van der Waals surface area contributed by atoms with Crippen molar-refractivity contribution in [2.45, 2.75) is 6.42 Å². The zero-order valence-corrected chi connectivity index (χ0v) is 17.6. The Morgan fingerprint density at radius 3 is 1.62 bits per heavy atom. The lowest BCUT2D eigenvalue weighted by molar-refractivity contribution is 0.202. The molecule has 156 valence electrons. The molecule has 0 saturated heterocycles. The lowest BCUT2D eigenvalue weighted by atomic mass is 10.1. The molecule has 0 spiro atoms. The van der Waals surface area contributed by atoms with Crippen molar-refractivity contribution in [3.63, 3.8) is 0 Å². The van der Waals surface area contributed by atoms with E-state index in [-0.39, 0.29) is 0 Å². The highest BCUT2D eigenvalue weighted by Gasteiger charge is 2.04. The highest BCUT2D eigenvalue weighted by atomic mass is 19.2. The first-order chi connectivity index (χ1) is 15.6. The van der Waals surface area contributed by atoms with Crippen LogP contribution in [0, 0.1) is 35.3 Å². The summed E-state index contributed by atoms with van der Waals surface area (Å²) < 4.78 is 31.9. The average Bonchev–Trinajstić information content (AvgIpc) is 2.82. The molecule has 0 atom stereocenters. The summed E-state index contributed by atoms with van der Waals surface area (Å²) >= 11 is 0. The highest BCUT2D eigenvalue weighted by Crippen LogP contribution is 2.19. The summed E-state index contributed by atoms with van der Waals surface area (Å²) in [5, 5.41) is 1.26. The molecule has 0 aliphatic rings. The first-order valence-corrected chi connectivity index (χ1v) is 10.2. The van der Waals surface area contributed by atoms with E-state index < -0.39 is 11.6 Å². The molecular formula is C29H20F2O. The maximum absolute atomic E-state index is 13.5. The molecule has 4 aromatic carbocycles. The van der Waals surface area contributed by atoms with Crippen LogP contribution in [0.1, 0.15) is 27.8 Å². The molecule has 0 amide bonds. The third-order valence-electron chi connectivity index (χ3n) is 5.02. The second kappa shape index (κ2) is 9.92. The Balaban J connectivity index is 1.45. The Kier molecular flexibility index (Phi) is 6.61. The summed E-state index contributed by atoms with van der Waals surface area (Å²) in [7, 11) is 1.70. The lowest BCUT2D eigenvalue weighted by Crippen LogP contribution is -1.93. The highest BCUT2D eigenvalue weighted by molar-refractivity contribution is 5.84. The van der Waals surface area contributed by atoms with Gasteiger partial charge in [0.25, 0.3) is 0 Å². The zero-order valence-electron chi connectivity index (χ0n) is 17.6. The van der Waals surface area contributed by atoms with Crippen LogP contribution in [0.4, 0.5) is 8.78 Å². The van der Waals surface area contributed by atoms with Crippen LogP contribution >= 0.6 is 0 Å². The van der Waals surface area contributed by atoms with Crippen molar-refractivity contribution >= 4 is 10.8 Å². The van der Waals surface area contributed by atoms with Crippen LogP contribution in [-0.4, -0.2) is 13.7 Å². The van der Waals surface area contributed by atoms with Crippen molar-refractivity contribution in [2.24, 2.45) is 0 Å². The number of hydrogen-bond acceptors (Lipinski definition) is 1. The van der Waals surface area contributed by atoms with Gasteiger partial charge in [-0.15, -0.1) is 0 Å². The van der Waals surface area contributed by atoms with Gasteiger partial charge in [0.05, 0.1) is 6.61 Å². The van der Waals surface area contributed by atoms with E-state index in [9.17, 15) is 8.78 Å². The molecule has 0 bridgehead atoms. The summed E-state index contributed by atoms with van der Waals surface area (Å²) in [5.74, 6) is 10.8. The van der Waals surface area contributed by atoms with Crippen molar-refractivity contribution in [1.29, 1.82) is 0 Å². The van der Waals surface area contributed by atoms with E-state index in [4.69, 9.17) is 4.74 Å². The van der Waals surface area contributed by atoms with E-state index in [0.717, 1.165) is 28.7 Å². The number of hydrogen-bond donors (Lipinski definition) is 0. The minimum Gasteiger partial charge on any atom is -0.384 e. The summed E-state index contributed by atoms with van der Waals surface area (Å²) in [6, 6.07) is 23.5. The predicted molar refractivity (Wildman–Crippen MR) is 124 cm³/mol. The molecular weight excluding hydrogens is 402 g/mol. The van der Waals surface area contributed by atoms with Crippen LogP contribution in [0.25, 0.3) is 10.8 Å². The Hall–Kier alpha value is -3.92. The van der Waals surface area contributed by atoms with Crippen molar-refractivity contribution in [2.75, 3.05) is 13.7 Å². The fraction of sp³-hybridized carbons (Fsp3) is 0.103. The standard InChI is InChI=1S/C29H20F2O/c1-32-17-16-24-10-8-22(9-11-24)3-2-21-4-6-23(7-5-21)12-13-25-14-15-26-19-28(30)29(31)20-27(26)18-25/h4-11,14-15,18-20H,16-17H2,1H3. The quantitative estimate of drug-likeness (QED) is 0.362. The number of ether oxygens (including phenoxy) is 1. The molecule has 0 heterocycles. The van der Waals surface area contributed by atoms with E-state index in [1.165, 1.54) is 17.7 Å². The molecule has 0 saturated carbocycles. The van der Waals surface area contributed by atoms with E-state index in [1.807, 2.05) is 36.4 Å². The number of benzene rings is 4. The van der Waals surface area contributed by atoms with Gasteiger partial charge in [0.2, 0.25) is 0 Å². The Morgan fingerprint density at radius 1 is 0.594 bits per heavy atom. The molecule has 3 heteroatoms. The minimum atomic E-state index is -0.860. The number of rotatable bonds is 3. The first-order valence-electron chi connectivity index (χ1n) is 10.2. The van der Waals surface area contributed by atoms with Gasteiger partial charge in [0.1, 0.15) is 0 Å². The van der Waals surface area contributed by atoms with Gasteiger partial charge >= 0.3 is 0 Å². The maximum atomic E-state index is 13.5. The number of fused-ring (bicyclic) bond motifs is 1. The van der Waals surface area contributed by atoms with Crippen LogP contribution in [-0.2, 0) is 11.2 Å². The van der Waals surface area contributed by atoms with E-state index in [1.54, 1.807) is 25.3 Å². The molecule has 1 nitrogen and oxygen atoms in total. The van der Waals surface area contributed by atoms with Gasteiger partial charge in [0.15, 0.2) is 11.6 Å². The third-order valence-corrected chi connectivity index (χ3v) is 5.02. The van der Waals surface area contributed by atoms with Crippen LogP contribution in [0.15, 0.2) is 78.9 Å². The van der Waals surface area contributed by atoms with Gasteiger partial charge < -0.3 is 4.74 Å². The van der Waals surface area contributed by atoms with Gasteiger partial charge in [-0.3, -0.25) is 0 Å². The van der Waals surface area contributed by atoms with Gasteiger partial charge in [-0.25, -0.2) is 8.78 Å². The van der Waals surface area contributed by atoms with Crippen molar-refractivity contribution < 1.29 is 13.5 Å². The van der Waals surface area contributed by atoms with E-state index in [2.05, 4.69) is 35.8 Å². The molecule has 32 heavy (non-hydrogen) atoms. The monoisotopic (exact) mass is 422 g/mol. The largest absolute Gasteiger partial charge is 0.384 e. The van der Waals surface area contributed by atoms with Crippen molar-refractivity contribution in [1.82, 2.24) is 0 Å². The smallest absolute Gasteiger partial charge is 0.159 e. The molecule has 0 radical (unpaired) electrons. The van der Waals surface area contributed by atoms with Crippen molar-refractivity contribution in [3.8, 4) is 23.7 Å². The number of methoxy groups -OCH3 is 1. The fourth-order valence-corrected chi connectivity index (χ4v) is 3.22. The van der Waals surface area contributed by atoms with E-state index >= 15 is 0 Å². The molecule has 0 aliphatic heterocycles. The minimum absolute atomic E-state index is 0.619. The van der Waals surface area contributed by atoms with Crippen LogP contribution in [0.3, 0.4) is 0 Å². The third kappa shape index (κ3) is 5.41. The maximum Gasteiger partial charge on any atom is 0.159 e. The van der Waals surface area contributed by atoms with Gasteiger partial charge in [-0.05, 0) is 83.4 Å². The van der Waals surface area contributed by atoms with E-state index in [0.29, 0.717) is 17.4 Å². The molecule has 0 N–H and O–H groups in total. The fourth-order valence-electron chi connectivity index (χ4n) is 3.22. The predicted octanol–water partition coefficient (Wildman–Crippen LogP) is 6.11. The Labute approximate surface area is 186 Å². The van der Waals surface area contributed by atoms with Crippen molar-refractivity contribution in [3.05, 3.63) is 118 Å². The number of halogens is 2. The Morgan fingerprint density at radius 2 is 1.06 bits per heavy atom. The second-order valence-corrected chi connectivity index (χ2v) is 7.35. The van der Waals surface area contributed by atoms with Crippen LogP contribution < -0.4 is 0 Å². The average molecular weight is 422 g/mol.